The van der Waals surface area contributed by atoms with Crippen LogP contribution in [-0.2, 0) is 4.74 Å². The van der Waals surface area contributed by atoms with Crippen LogP contribution in [0, 0.1) is 13.8 Å². The number of halogens is 1. The molecule has 1 atom stereocenters. The number of hydrogen-bond acceptors (Lipinski definition) is 2. The van der Waals surface area contributed by atoms with Gasteiger partial charge < -0.3 is 10.1 Å². The lowest BCUT2D eigenvalue weighted by molar-refractivity contribution is 0.0930. The van der Waals surface area contributed by atoms with Crippen molar-refractivity contribution in [2.24, 2.45) is 0 Å². The fraction of sp³-hybridized carbons (Fsp3) is 0.500. The first-order valence-electron chi connectivity index (χ1n) is 6.01. The Morgan fingerprint density at radius 1 is 1.33 bits per heavy atom. The summed E-state index contributed by atoms with van der Waals surface area (Å²) in [7, 11) is 1.64. The van der Waals surface area contributed by atoms with Crippen LogP contribution in [-0.4, -0.2) is 31.5 Å². The molecule has 0 heterocycles. The van der Waals surface area contributed by atoms with E-state index in [4.69, 9.17) is 16.3 Å². The molecule has 0 aliphatic heterocycles. The number of carbonyl (C=O) groups is 1. The fourth-order valence-corrected chi connectivity index (χ4v) is 2.05. The maximum Gasteiger partial charge on any atom is 0.251 e. The van der Waals surface area contributed by atoms with Gasteiger partial charge in [0.1, 0.15) is 0 Å². The summed E-state index contributed by atoms with van der Waals surface area (Å²) in [5.74, 6) is 0.309. The number of nitrogens with one attached hydrogen (secondary N) is 1. The lowest BCUT2D eigenvalue weighted by Gasteiger charge is -2.16. The zero-order valence-electron chi connectivity index (χ0n) is 11.1. The van der Waals surface area contributed by atoms with E-state index in [9.17, 15) is 4.79 Å². The molecular weight excluding hydrogens is 250 g/mol. The van der Waals surface area contributed by atoms with E-state index in [1.54, 1.807) is 7.11 Å². The van der Waals surface area contributed by atoms with Gasteiger partial charge in [-0.15, -0.1) is 11.6 Å². The molecule has 1 rings (SSSR count). The average Bonchev–Trinajstić information content (AvgIpc) is 2.32. The van der Waals surface area contributed by atoms with E-state index in [0.29, 0.717) is 18.1 Å². The van der Waals surface area contributed by atoms with Crippen molar-refractivity contribution in [2.75, 3.05) is 19.6 Å². The summed E-state index contributed by atoms with van der Waals surface area (Å²) in [5.41, 5.74) is 2.85. The third-order valence-corrected chi connectivity index (χ3v) is 3.05. The molecule has 0 saturated carbocycles. The highest BCUT2D eigenvalue weighted by atomic mass is 35.5. The summed E-state index contributed by atoms with van der Waals surface area (Å²) in [4.78, 5) is 12.1. The van der Waals surface area contributed by atoms with Gasteiger partial charge in [0.15, 0.2) is 0 Å². The van der Waals surface area contributed by atoms with E-state index in [2.05, 4.69) is 5.32 Å². The number of carbonyl (C=O) groups excluding carboxylic acids is 1. The highest BCUT2D eigenvalue weighted by Gasteiger charge is 2.13. The number of benzene rings is 1. The Kier molecular flexibility index (Phi) is 6.16. The normalized spacial score (nSPS) is 12.2. The van der Waals surface area contributed by atoms with Gasteiger partial charge in [0.25, 0.3) is 5.91 Å². The highest BCUT2D eigenvalue weighted by Crippen LogP contribution is 2.09. The number of rotatable bonds is 6. The van der Waals surface area contributed by atoms with Crippen molar-refractivity contribution in [1.82, 2.24) is 5.32 Å². The summed E-state index contributed by atoms with van der Waals surface area (Å²) in [6.07, 6.45) is 0.719. The molecule has 0 fully saturated rings. The second-order valence-electron chi connectivity index (χ2n) is 4.48. The lowest BCUT2D eigenvalue weighted by atomic mass is 10.1. The predicted molar refractivity (Wildman–Crippen MR) is 74.4 cm³/mol. The van der Waals surface area contributed by atoms with Crippen molar-refractivity contribution in [2.45, 2.75) is 26.3 Å². The molecule has 0 aliphatic carbocycles. The second-order valence-corrected chi connectivity index (χ2v) is 4.79. The molecule has 1 N–H and O–H groups in total. The quantitative estimate of drug-likeness (QED) is 0.807. The Bertz CT molecular complexity index is 387. The molecule has 1 amide bonds. The van der Waals surface area contributed by atoms with Gasteiger partial charge in [-0.1, -0.05) is 17.2 Å². The molecule has 1 aromatic rings. The first kappa shape index (κ1) is 15.0. The highest BCUT2D eigenvalue weighted by molar-refractivity contribution is 6.18. The third-order valence-electron chi connectivity index (χ3n) is 2.68. The van der Waals surface area contributed by atoms with Gasteiger partial charge in [0.05, 0.1) is 0 Å². The van der Waals surface area contributed by atoms with Crippen LogP contribution in [0.3, 0.4) is 0 Å². The van der Waals surface area contributed by atoms with Gasteiger partial charge in [-0.3, -0.25) is 4.79 Å². The van der Waals surface area contributed by atoms with Gasteiger partial charge in [-0.2, -0.15) is 0 Å². The van der Waals surface area contributed by atoms with Crippen LogP contribution in [0.2, 0.25) is 0 Å². The van der Waals surface area contributed by atoms with Crippen LogP contribution in [0.5, 0.6) is 0 Å². The SMILES string of the molecule is COCCC(CCl)NC(=O)c1cc(C)cc(C)c1. The number of amides is 1. The summed E-state index contributed by atoms with van der Waals surface area (Å²) >= 11 is 5.83. The standard InChI is InChI=1S/C14H20ClNO2/c1-10-6-11(2)8-12(7-10)14(17)16-13(9-15)4-5-18-3/h6-8,13H,4-5,9H2,1-3H3,(H,16,17). The van der Waals surface area contributed by atoms with Gasteiger partial charge in [-0.25, -0.2) is 0 Å². The molecular formula is C14H20ClNO2. The summed E-state index contributed by atoms with van der Waals surface area (Å²) in [5, 5.41) is 2.92. The predicted octanol–water partition coefficient (Wildman–Crippen LogP) is 2.68. The molecule has 1 unspecified atom stereocenters. The van der Waals surface area contributed by atoms with Crippen LogP contribution in [0.25, 0.3) is 0 Å². The second kappa shape index (κ2) is 7.39. The largest absolute Gasteiger partial charge is 0.385 e. The number of hydrogen-bond donors (Lipinski definition) is 1. The molecule has 0 aliphatic rings. The Morgan fingerprint density at radius 2 is 1.94 bits per heavy atom. The molecule has 18 heavy (non-hydrogen) atoms. The minimum Gasteiger partial charge on any atom is -0.385 e. The number of methoxy groups -OCH3 is 1. The third kappa shape index (κ3) is 4.67. The van der Waals surface area contributed by atoms with E-state index in [1.807, 2.05) is 32.0 Å². The van der Waals surface area contributed by atoms with Crippen LogP contribution < -0.4 is 5.32 Å². The van der Waals surface area contributed by atoms with E-state index >= 15 is 0 Å². The minimum absolute atomic E-state index is 0.0556. The smallest absolute Gasteiger partial charge is 0.251 e. The van der Waals surface area contributed by atoms with Gasteiger partial charge >= 0.3 is 0 Å². The van der Waals surface area contributed by atoms with E-state index in [1.165, 1.54) is 0 Å². The zero-order valence-corrected chi connectivity index (χ0v) is 11.9. The summed E-state index contributed by atoms with van der Waals surface area (Å²) in [6, 6.07) is 5.74. The Labute approximate surface area is 113 Å². The number of alkyl halides is 1. The Hall–Kier alpha value is -1.06. The van der Waals surface area contributed by atoms with Crippen molar-refractivity contribution in [3.8, 4) is 0 Å². The van der Waals surface area contributed by atoms with Crippen LogP contribution in [0.15, 0.2) is 18.2 Å². The molecule has 0 bridgehead atoms. The number of ether oxygens (including phenoxy) is 1. The van der Waals surface area contributed by atoms with Crippen LogP contribution in [0.4, 0.5) is 0 Å². The minimum atomic E-state index is -0.0800. The molecule has 0 spiro atoms. The molecule has 3 nitrogen and oxygen atoms in total. The van der Waals surface area contributed by atoms with Gasteiger partial charge in [0.2, 0.25) is 0 Å². The molecule has 0 aromatic heterocycles. The van der Waals surface area contributed by atoms with Crippen molar-refractivity contribution < 1.29 is 9.53 Å². The molecule has 0 saturated heterocycles. The van der Waals surface area contributed by atoms with E-state index < -0.39 is 0 Å². The van der Waals surface area contributed by atoms with Crippen molar-refractivity contribution in [3.63, 3.8) is 0 Å². The molecule has 100 valence electrons. The first-order valence-corrected chi connectivity index (χ1v) is 6.54. The van der Waals surface area contributed by atoms with Crippen LogP contribution in [0.1, 0.15) is 27.9 Å². The topological polar surface area (TPSA) is 38.3 Å². The van der Waals surface area contributed by atoms with Gasteiger partial charge in [0, 0.05) is 31.2 Å². The first-order chi connectivity index (χ1) is 8.56. The van der Waals surface area contributed by atoms with E-state index in [-0.39, 0.29) is 11.9 Å². The molecule has 4 heteroatoms. The lowest BCUT2D eigenvalue weighted by Crippen LogP contribution is -2.37. The fourth-order valence-electron chi connectivity index (χ4n) is 1.82. The summed E-state index contributed by atoms with van der Waals surface area (Å²) < 4.78 is 4.99. The van der Waals surface area contributed by atoms with Crippen molar-refractivity contribution in [1.29, 1.82) is 0 Å². The van der Waals surface area contributed by atoms with Crippen molar-refractivity contribution in [3.05, 3.63) is 34.9 Å². The van der Waals surface area contributed by atoms with Crippen LogP contribution >= 0.6 is 11.6 Å². The molecule has 1 aromatic carbocycles. The maximum absolute atomic E-state index is 12.1. The maximum atomic E-state index is 12.1. The molecule has 0 radical (unpaired) electrons. The Balaban J connectivity index is 2.68. The summed E-state index contributed by atoms with van der Waals surface area (Å²) in [6.45, 7) is 4.55. The van der Waals surface area contributed by atoms with Gasteiger partial charge in [-0.05, 0) is 32.4 Å². The average molecular weight is 270 g/mol. The van der Waals surface area contributed by atoms with E-state index in [0.717, 1.165) is 17.5 Å². The Morgan fingerprint density at radius 3 is 2.44 bits per heavy atom. The van der Waals surface area contributed by atoms with Crippen molar-refractivity contribution >= 4 is 17.5 Å². The monoisotopic (exact) mass is 269 g/mol. The zero-order chi connectivity index (χ0) is 13.5. The number of aryl methyl sites for hydroxylation is 2.